The Kier molecular flexibility index (Phi) is 10.4. The molecule has 13 nitrogen and oxygen atoms in total. The normalized spacial score (nSPS) is 11.9. The summed E-state index contributed by atoms with van der Waals surface area (Å²) in [5, 5.41) is 21.6. The zero-order valence-corrected chi connectivity index (χ0v) is 24.5. The zero-order chi connectivity index (χ0) is 32.7. The molecule has 1 amide bonds. The number of nitrogens with one attached hydrogen (secondary N) is 1. The summed E-state index contributed by atoms with van der Waals surface area (Å²) < 4.78 is 63.1. The van der Waals surface area contributed by atoms with E-state index >= 15 is 0 Å². The molecule has 0 aliphatic carbocycles. The number of nitrogen functional groups attached to an aromatic ring is 2. The van der Waals surface area contributed by atoms with Crippen LogP contribution < -0.4 is 16.8 Å². The first kappa shape index (κ1) is 33.2. The molecule has 15 heteroatoms. The quantitative estimate of drug-likeness (QED) is 0.0463. The summed E-state index contributed by atoms with van der Waals surface area (Å²) in [7, 11) is -8.85. The average Bonchev–Trinajstić information content (AvgIpc) is 2.95. The molecule has 0 atom stereocenters. The number of nitrogens with zero attached hydrogens (tertiary/aromatic N) is 2. The van der Waals surface area contributed by atoms with E-state index in [9.17, 15) is 31.3 Å². The number of fused-ring (bicyclic) bond motifs is 1. The number of allylic oxidation sites excluding steroid dienone is 2. The summed E-state index contributed by atoms with van der Waals surface area (Å²) in [5.41, 5.74) is 12.4. The molecule has 0 aliphatic rings. The maximum absolute atomic E-state index is 12.3. The van der Waals surface area contributed by atoms with E-state index in [4.69, 9.17) is 16.0 Å². The van der Waals surface area contributed by atoms with E-state index in [1.807, 2.05) is 0 Å². The second-order valence-corrected chi connectivity index (χ2v) is 11.6. The number of aromatic hydroxyl groups is 1. The van der Waals surface area contributed by atoms with Crippen molar-refractivity contribution in [2.45, 2.75) is 9.79 Å². The fraction of sp³-hybridized carbons (Fsp3) is 0. The minimum atomic E-state index is -4.77. The van der Waals surface area contributed by atoms with Crippen LogP contribution in [0.25, 0.3) is 10.8 Å². The highest BCUT2D eigenvalue weighted by atomic mass is 32.2. The van der Waals surface area contributed by atoms with Gasteiger partial charge in [0.1, 0.15) is 10.6 Å². The number of azo groups is 1. The largest absolute Gasteiger partial charge is 0.505 e. The third-order valence-corrected chi connectivity index (χ3v) is 7.44. The molecule has 0 aromatic heterocycles. The number of phenols is 1. The zero-order valence-electron chi connectivity index (χ0n) is 22.8. The van der Waals surface area contributed by atoms with Crippen molar-refractivity contribution in [3.63, 3.8) is 0 Å². The van der Waals surface area contributed by atoms with E-state index < -0.39 is 42.5 Å². The number of hydrogen-bond donors (Lipinski definition) is 6. The van der Waals surface area contributed by atoms with Gasteiger partial charge in [0.05, 0.1) is 10.6 Å². The van der Waals surface area contributed by atoms with Crippen molar-refractivity contribution in [3.05, 3.63) is 110 Å². The number of phenolic OH excluding ortho intramolecular Hbond substituents is 1. The molecule has 0 heterocycles. The SMILES string of the molecule is C=C/C=C(\C=C)C(=O)Nc1ccc2c(O)c(N=Nc3ccc(N)cc3)c(S(=O)(=O)O)cc2c1.Nc1ccc(S(=O)(=O)O)cc1. The molecule has 228 valence electrons. The lowest BCUT2D eigenvalue weighted by molar-refractivity contribution is -0.112. The van der Waals surface area contributed by atoms with Gasteiger partial charge in [0.25, 0.3) is 26.1 Å². The summed E-state index contributed by atoms with van der Waals surface area (Å²) in [6.45, 7) is 7.10. The average molecular weight is 638 g/mol. The smallest absolute Gasteiger partial charge is 0.296 e. The number of amides is 1. The number of carbonyl (C=O) groups is 1. The molecule has 0 aliphatic heterocycles. The van der Waals surface area contributed by atoms with Gasteiger partial charge in [0, 0.05) is 28.0 Å². The lowest BCUT2D eigenvalue weighted by Gasteiger charge is -2.11. The minimum Gasteiger partial charge on any atom is -0.505 e. The standard InChI is InChI=1S/C23H20N4O5S.C6H7NO3S/c1-3-5-14(4-2)23(29)25-18-10-11-19-15(12-18)13-20(33(30,31)32)21(22(19)28)27-26-17-8-6-16(24)7-9-17;7-5-1-3-6(4-2-5)11(8,9)10/h3-13,28H,1-2,24H2,(H,25,29)(H,30,31,32);1-4H,7H2,(H,8,9,10)/b14-5+,27-26?;. The molecular formula is C29H27N5O8S2. The van der Waals surface area contributed by atoms with E-state index in [-0.39, 0.29) is 21.2 Å². The van der Waals surface area contributed by atoms with Crippen molar-refractivity contribution in [3.8, 4) is 5.75 Å². The molecule has 4 aromatic carbocycles. The highest BCUT2D eigenvalue weighted by molar-refractivity contribution is 7.86. The van der Waals surface area contributed by atoms with Crippen molar-refractivity contribution < 1.29 is 35.8 Å². The predicted molar refractivity (Wildman–Crippen MR) is 168 cm³/mol. The van der Waals surface area contributed by atoms with Gasteiger partial charge in [0.2, 0.25) is 0 Å². The molecule has 0 saturated carbocycles. The third-order valence-electron chi connectivity index (χ3n) is 5.70. The summed E-state index contributed by atoms with van der Waals surface area (Å²) in [6, 6.07) is 17.1. The van der Waals surface area contributed by atoms with Gasteiger partial charge in [-0.1, -0.05) is 31.4 Å². The first-order chi connectivity index (χ1) is 20.6. The summed E-state index contributed by atoms with van der Waals surface area (Å²) in [5.74, 6) is -0.965. The van der Waals surface area contributed by atoms with E-state index in [0.717, 1.165) is 6.07 Å². The van der Waals surface area contributed by atoms with Crippen LogP contribution in [-0.2, 0) is 25.0 Å². The number of carbonyl (C=O) groups excluding carboxylic acids is 1. The second-order valence-electron chi connectivity index (χ2n) is 8.83. The molecule has 0 radical (unpaired) electrons. The van der Waals surface area contributed by atoms with Gasteiger partial charge >= 0.3 is 0 Å². The maximum atomic E-state index is 12.3. The Bertz CT molecular complexity index is 2010. The van der Waals surface area contributed by atoms with Gasteiger partial charge in [-0.05, 0) is 78.2 Å². The fourth-order valence-electron chi connectivity index (χ4n) is 3.58. The van der Waals surface area contributed by atoms with E-state index in [0.29, 0.717) is 22.7 Å². The van der Waals surface area contributed by atoms with E-state index in [2.05, 4.69) is 28.7 Å². The Morgan fingerprint density at radius 3 is 1.93 bits per heavy atom. The highest BCUT2D eigenvalue weighted by Crippen LogP contribution is 2.42. The number of anilines is 3. The van der Waals surface area contributed by atoms with Gasteiger partial charge in [-0.15, -0.1) is 5.11 Å². The van der Waals surface area contributed by atoms with Crippen LogP contribution in [0.5, 0.6) is 5.75 Å². The number of hydrogen-bond acceptors (Lipinski definition) is 10. The Morgan fingerprint density at radius 1 is 0.818 bits per heavy atom. The van der Waals surface area contributed by atoms with Crippen molar-refractivity contribution in [1.82, 2.24) is 0 Å². The third kappa shape index (κ3) is 8.59. The van der Waals surface area contributed by atoms with Crippen molar-refractivity contribution in [2.24, 2.45) is 10.2 Å². The predicted octanol–water partition coefficient (Wildman–Crippen LogP) is 5.54. The first-order valence-electron chi connectivity index (χ1n) is 12.3. The van der Waals surface area contributed by atoms with E-state index in [1.165, 1.54) is 60.7 Å². The van der Waals surface area contributed by atoms with Crippen molar-refractivity contribution >= 4 is 65.4 Å². The van der Waals surface area contributed by atoms with Crippen molar-refractivity contribution in [1.29, 1.82) is 0 Å². The van der Waals surface area contributed by atoms with Gasteiger partial charge in [-0.3, -0.25) is 13.9 Å². The molecule has 0 saturated heterocycles. The Hall–Kier alpha value is -5.35. The maximum Gasteiger partial charge on any atom is 0.296 e. The lowest BCUT2D eigenvalue weighted by atomic mass is 10.1. The van der Waals surface area contributed by atoms with Crippen LogP contribution in [0.3, 0.4) is 0 Å². The van der Waals surface area contributed by atoms with Crippen molar-refractivity contribution in [2.75, 3.05) is 16.8 Å². The number of nitrogens with two attached hydrogens (primary N) is 2. The Labute approximate surface area is 253 Å². The number of benzene rings is 4. The molecule has 8 N–H and O–H groups in total. The fourth-order valence-corrected chi connectivity index (χ4v) is 4.72. The van der Waals surface area contributed by atoms with E-state index in [1.54, 1.807) is 24.3 Å². The first-order valence-corrected chi connectivity index (χ1v) is 15.2. The van der Waals surface area contributed by atoms with Crippen LogP contribution >= 0.6 is 0 Å². The number of rotatable bonds is 8. The molecule has 0 spiro atoms. The van der Waals surface area contributed by atoms with Gasteiger partial charge in [-0.25, -0.2) is 0 Å². The molecule has 4 aromatic rings. The summed E-state index contributed by atoms with van der Waals surface area (Å²) >= 11 is 0. The molecule has 0 bridgehead atoms. The monoisotopic (exact) mass is 637 g/mol. The Balaban J connectivity index is 0.000000404. The van der Waals surface area contributed by atoms with Crippen LogP contribution in [0.1, 0.15) is 0 Å². The van der Waals surface area contributed by atoms with Gasteiger partial charge < -0.3 is 21.9 Å². The van der Waals surface area contributed by atoms with Crippen LogP contribution in [0, 0.1) is 0 Å². The topological polar surface area (TPSA) is 235 Å². The summed E-state index contributed by atoms with van der Waals surface area (Å²) in [4.78, 5) is 11.5. The highest BCUT2D eigenvalue weighted by Gasteiger charge is 2.22. The van der Waals surface area contributed by atoms with Crippen LogP contribution in [0.4, 0.5) is 28.4 Å². The van der Waals surface area contributed by atoms with Crippen LogP contribution in [0.2, 0.25) is 0 Å². The molecule has 44 heavy (non-hydrogen) atoms. The minimum absolute atomic E-state index is 0.147. The van der Waals surface area contributed by atoms with Crippen LogP contribution in [0.15, 0.2) is 130 Å². The van der Waals surface area contributed by atoms with Gasteiger partial charge in [-0.2, -0.15) is 21.9 Å². The van der Waals surface area contributed by atoms with Crippen LogP contribution in [-0.4, -0.2) is 37.0 Å². The molecule has 0 fully saturated rings. The molecular weight excluding hydrogens is 610 g/mol. The van der Waals surface area contributed by atoms with Gasteiger partial charge in [0.15, 0.2) is 5.75 Å². The second kappa shape index (κ2) is 13.7. The lowest BCUT2D eigenvalue weighted by Crippen LogP contribution is -2.13. The summed E-state index contributed by atoms with van der Waals surface area (Å²) in [6.07, 6.45) is 4.27. The molecule has 4 rings (SSSR count). The Morgan fingerprint density at radius 2 is 1.41 bits per heavy atom. The molecule has 0 unspecified atom stereocenters.